The van der Waals surface area contributed by atoms with E-state index >= 15 is 0 Å². The van der Waals surface area contributed by atoms with Gasteiger partial charge in [-0.25, -0.2) is 8.78 Å². The fourth-order valence-corrected chi connectivity index (χ4v) is 3.01. The Bertz CT molecular complexity index is 622. The van der Waals surface area contributed by atoms with Crippen LogP contribution in [-0.4, -0.2) is 12.2 Å². The number of benzene rings is 2. The van der Waals surface area contributed by atoms with Crippen molar-refractivity contribution in [1.29, 1.82) is 0 Å². The van der Waals surface area contributed by atoms with E-state index in [0.29, 0.717) is 12.8 Å². The molecular formula is C17H16F2O2. The Hall–Kier alpha value is -1.94. The van der Waals surface area contributed by atoms with Gasteiger partial charge in [-0.05, 0) is 29.9 Å². The number of methoxy groups -OCH3 is 1. The topological polar surface area (TPSA) is 29.5 Å². The van der Waals surface area contributed by atoms with Gasteiger partial charge in [0.25, 0.3) is 0 Å². The van der Waals surface area contributed by atoms with Crippen LogP contribution in [-0.2, 0) is 12.8 Å². The molecule has 1 N–H and O–H groups in total. The van der Waals surface area contributed by atoms with Crippen molar-refractivity contribution in [2.75, 3.05) is 7.11 Å². The van der Waals surface area contributed by atoms with Crippen LogP contribution in [0.4, 0.5) is 8.78 Å². The molecule has 1 unspecified atom stereocenters. The van der Waals surface area contributed by atoms with Crippen molar-refractivity contribution in [1.82, 2.24) is 0 Å². The van der Waals surface area contributed by atoms with Gasteiger partial charge in [0, 0.05) is 12.1 Å². The Morgan fingerprint density at radius 3 is 2.10 bits per heavy atom. The maximum absolute atomic E-state index is 14.1. The number of aliphatic hydroxyl groups excluding tert-OH is 1. The van der Waals surface area contributed by atoms with Crippen molar-refractivity contribution < 1.29 is 18.6 Å². The Kier molecular flexibility index (Phi) is 3.64. The predicted molar refractivity (Wildman–Crippen MR) is 75.2 cm³/mol. The molecule has 2 nitrogen and oxygen atoms in total. The first-order chi connectivity index (χ1) is 10.1. The van der Waals surface area contributed by atoms with Gasteiger partial charge in [-0.2, -0.15) is 0 Å². The third-order valence-electron chi connectivity index (χ3n) is 4.11. The minimum absolute atomic E-state index is 0.107. The standard InChI is InChI=1S/C17H16F2O2/c1-21-13-8-14(18)16(15(19)9-13)17(20)12-6-10-4-2-3-5-11(10)7-12/h2-5,8-9,12,17,20H,6-7H2,1H3. The van der Waals surface area contributed by atoms with Crippen LogP contribution >= 0.6 is 0 Å². The van der Waals surface area contributed by atoms with E-state index in [-0.39, 0.29) is 17.2 Å². The molecule has 110 valence electrons. The highest BCUT2D eigenvalue weighted by atomic mass is 19.1. The van der Waals surface area contributed by atoms with Gasteiger partial charge < -0.3 is 9.84 Å². The lowest BCUT2D eigenvalue weighted by Crippen LogP contribution is -2.16. The normalized spacial score (nSPS) is 15.8. The summed E-state index contributed by atoms with van der Waals surface area (Å²) in [7, 11) is 1.35. The van der Waals surface area contributed by atoms with Gasteiger partial charge in [0.2, 0.25) is 0 Å². The molecule has 0 amide bonds. The minimum Gasteiger partial charge on any atom is -0.497 e. The summed E-state index contributed by atoms with van der Waals surface area (Å²) in [6.07, 6.45) is 0.0909. The molecule has 3 rings (SSSR count). The van der Waals surface area contributed by atoms with Gasteiger partial charge in [0.1, 0.15) is 17.4 Å². The van der Waals surface area contributed by atoms with Crippen LogP contribution in [0.15, 0.2) is 36.4 Å². The van der Waals surface area contributed by atoms with E-state index in [2.05, 4.69) is 0 Å². The number of halogens is 2. The number of hydrogen-bond acceptors (Lipinski definition) is 2. The maximum Gasteiger partial charge on any atom is 0.135 e. The highest BCUT2D eigenvalue weighted by molar-refractivity contribution is 5.36. The zero-order chi connectivity index (χ0) is 15.0. The van der Waals surface area contributed by atoms with Crippen molar-refractivity contribution in [2.24, 2.45) is 5.92 Å². The summed E-state index contributed by atoms with van der Waals surface area (Å²) in [6, 6.07) is 10.0. The Labute approximate surface area is 122 Å². The average molecular weight is 290 g/mol. The van der Waals surface area contributed by atoms with Crippen molar-refractivity contribution in [3.05, 3.63) is 64.7 Å². The number of rotatable bonds is 3. The number of aliphatic hydroxyl groups is 1. The number of fused-ring (bicyclic) bond motifs is 1. The molecule has 0 bridgehead atoms. The van der Waals surface area contributed by atoms with E-state index in [0.717, 1.165) is 23.3 Å². The van der Waals surface area contributed by atoms with Gasteiger partial charge in [0.15, 0.2) is 0 Å². The third kappa shape index (κ3) is 2.51. The molecule has 21 heavy (non-hydrogen) atoms. The molecule has 0 saturated heterocycles. The van der Waals surface area contributed by atoms with E-state index in [1.54, 1.807) is 0 Å². The van der Waals surface area contributed by atoms with Crippen molar-refractivity contribution in [3.63, 3.8) is 0 Å². The highest BCUT2D eigenvalue weighted by Gasteiger charge is 2.31. The van der Waals surface area contributed by atoms with E-state index in [1.165, 1.54) is 7.11 Å². The van der Waals surface area contributed by atoms with Gasteiger partial charge in [0.05, 0.1) is 18.8 Å². The first-order valence-corrected chi connectivity index (χ1v) is 6.88. The Morgan fingerprint density at radius 2 is 1.62 bits per heavy atom. The Balaban J connectivity index is 1.89. The molecule has 2 aromatic carbocycles. The summed E-state index contributed by atoms with van der Waals surface area (Å²) in [5.74, 6) is -1.64. The van der Waals surface area contributed by atoms with Crippen LogP contribution in [0.5, 0.6) is 5.75 Å². The van der Waals surface area contributed by atoms with E-state index in [9.17, 15) is 13.9 Å². The van der Waals surface area contributed by atoms with Crippen LogP contribution in [0, 0.1) is 17.6 Å². The molecule has 4 heteroatoms. The molecule has 0 heterocycles. The lowest BCUT2D eigenvalue weighted by Gasteiger charge is -2.19. The van der Waals surface area contributed by atoms with Crippen molar-refractivity contribution in [2.45, 2.75) is 18.9 Å². The summed E-state index contributed by atoms with van der Waals surface area (Å²) < 4.78 is 32.9. The molecule has 1 aliphatic carbocycles. The zero-order valence-electron chi connectivity index (χ0n) is 11.6. The molecule has 1 atom stereocenters. The van der Waals surface area contributed by atoms with Crippen LogP contribution < -0.4 is 4.74 Å². The van der Waals surface area contributed by atoms with Gasteiger partial charge in [-0.3, -0.25) is 0 Å². The first-order valence-electron chi connectivity index (χ1n) is 6.88. The van der Waals surface area contributed by atoms with Crippen molar-refractivity contribution >= 4 is 0 Å². The van der Waals surface area contributed by atoms with E-state index < -0.39 is 17.7 Å². The molecule has 0 radical (unpaired) electrons. The van der Waals surface area contributed by atoms with Gasteiger partial charge in [-0.1, -0.05) is 24.3 Å². The quantitative estimate of drug-likeness (QED) is 0.938. The monoisotopic (exact) mass is 290 g/mol. The number of ether oxygens (including phenoxy) is 1. The molecule has 0 aliphatic heterocycles. The second kappa shape index (κ2) is 5.45. The number of hydrogen-bond donors (Lipinski definition) is 1. The summed E-state index contributed by atoms with van der Waals surface area (Å²) >= 11 is 0. The molecule has 1 aliphatic rings. The minimum atomic E-state index is -1.16. The van der Waals surface area contributed by atoms with Gasteiger partial charge in [-0.15, -0.1) is 0 Å². The Morgan fingerprint density at radius 1 is 1.10 bits per heavy atom. The summed E-state index contributed by atoms with van der Waals surface area (Å²) in [6.45, 7) is 0. The van der Waals surface area contributed by atoms with Crippen LogP contribution in [0.3, 0.4) is 0 Å². The summed E-state index contributed by atoms with van der Waals surface area (Å²) in [4.78, 5) is 0. The highest BCUT2D eigenvalue weighted by Crippen LogP contribution is 2.37. The van der Waals surface area contributed by atoms with Crippen molar-refractivity contribution in [3.8, 4) is 5.75 Å². The SMILES string of the molecule is COc1cc(F)c(C(O)C2Cc3ccccc3C2)c(F)c1. The second-order valence-electron chi connectivity index (χ2n) is 5.39. The third-order valence-corrected chi connectivity index (χ3v) is 4.11. The molecular weight excluding hydrogens is 274 g/mol. The van der Waals surface area contributed by atoms with Crippen LogP contribution in [0.25, 0.3) is 0 Å². The molecule has 0 fully saturated rings. The summed E-state index contributed by atoms with van der Waals surface area (Å²) in [5.41, 5.74) is 2.00. The summed E-state index contributed by atoms with van der Waals surface area (Å²) in [5, 5.41) is 10.4. The fourth-order valence-electron chi connectivity index (χ4n) is 3.01. The maximum atomic E-state index is 14.1. The lowest BCUT2D eigenvalue weighted by atomic mass is 9.92. The largest absolute Gasteiger partial charge is 0.497 e. The van der Waals surface area contributed by atoms with Crippen LogP contribution in [0.2, 0.25) is 0 Å². The molecule has 0 spiro atoms. The molecule has 0 aromatic heterocycles. The smallest absolute Gasteiger partial charge is 0.135 e. The zero-order valence-corrected chi connectivity index (χ0v) is 11.6. The lowest BCUT2D eigenvalue weighted by molar-refractivity contribution is 0.105. The van der Waals surface area contributed by atoms with E-state index in [1.807, 2.05) is 24.3 Å². The predicted octanol–water partition coefficient (Wildman–Crippen LogP) is 3.42. The van der Waals surface area contributed by atoms with Crippen LogP contribution in [0.1, 0.15) is 22.8 Å². The van der Waals surface area contributed by atoms with E-state index in [4.69, 9.17) is 4.74 Å². The molecule has 0 saturated carbocycles. The first kappa shape index (κ1) is 14.0. The second-order valence-corrected chi connectivity index (χ2v) is 5.39. The van der Waals surface area contributed by atoms with Gasteiger partial charge >= 0.3 is 0 Å². The average Bonchev–Trinajstić information content (AvgIpc) is 2.90. The fraction of sp³-hybridized carbons (Fsp3) is 0.294. The molecule has 2 aromatic rings.